The predicted molar refractivity (Wildman–Crippen MR) is 69.8 cm³/mol. The molecule has 0 spiro atoms. The highest BCUT2D eigenvalue weighted by molar-refractivity contribution is 6.26. The number of carbonyl (C=O) groups excluding carboxylic acids is 2. The van der Waals surface area contributed by atoms with Crippen molar-refractivity contribution in [2.45, 2.75) is 6.32 Å². The number of allylic oxidation sites excluding steroid dienone is 2. The molecule has 4 nitrogen and oxygen atoms in total. The Kier molecular flexibility index (Phi) is 3.51. The van der Waals surface area contributed by atoms with Gasteiger partial charge in [-0.1, -0.05) is 30.6 Å². The first-order valence-electron chi connectivity index (χ1n) is 5.75. The fourth-order valence-corrected chi connectivity index (χ4v) is 1.98. The molecule has 0 unspecified atom stereocenters. The van der Waals surface area contributed by atoms with Gasteiger partial charge in [0, 0.05) is 24.7 Å². The molecule has 18 heavy (non-hydrogen) atoms. The van der Waals surface area contributed by atoms with Crippen LogP contribution in [0.4, 0.5) is 0 Å². The minimum atomic E-state index is -0.178. The Hall–Kier alpha value is -2.04. The quantitative estimate of drug-likeness (QED) is 0.759. The summed E-state index contributed by atoms with van der Waals surface area (Å²) in [6, 6.07) is 6.81. The van der Waals surface area contributed by atoms with Crippen LogP contribution in [0.1, 0.15) is 20.7 Å². The predicted octanol–water partition coefficient (Wildman–Crippen LogP) is 0.673. The summed E-state index contributed by atoms with van der Waals surface area (Å²) in [6.45, 7) is 0.446. The Morgan fingerprint density at radius 1 is 1.06 bits per heavy atom. The fraction of sp³-hybridized carbons (Fsp3) is 0.231. The maximum absolute atomic E-state index is 12.3. The van der Waals surface area contributed by atoms with Crippen LogP contribution in [0.15, 0.2) is 35.7 Å². The summed E-state index contributed by atoms with van der Waals surface area (Å²) in [6.07, 6.45) is 0.392. The molecule has 0 aromatic heterocycles. The molecule has 0 atom stereocenters. The van der Waals surface area contributed by atoms with E-state index in [1.807, 2.05) is 0 Å². The summed E-state index contributed by atoms with van der Waals surface area (Å²) in [7, 11) is 7.03. The van der Waals surface area contributed by atoms with Gasteiger partial charge in [-0.2, -0.15) is 0 Å². The van der Waals surface area contributed by atoms with E-state index in [-0.39, 0.29) is 11.6 Å². The maximum atomic E-state index is 12.3. The van der Waals surface area contributed by atoms with Crippen LogP contribution in [0.25, 0.3) is 0 Å². The second-order valence-electron chi connectivity index (χ2n) is 3.92. The van der Waals surface area contributed by atoms with Gasteiger partial charge >= 0.3 is 0 Å². The lowest BCUT2D eigenvalue weighted by molar-refractivity contribution is 0.0964. The Morgan fingerprint density at radius 3 is 2.11 bits per heavy atom. The second kappa shape index (κ2) is 5.08. The number of Topliss-reactive ketones (excluding diaryl/α,β-unsaturated/α-hetero) is 2. The molecule has 90 valence electrons. The van der Waals surface area contributed by atoms with E-state index in [4.69, 9.17) is 7.85 Å². The molecule has 1 aliphatic carbocycles. The van der Waals surface area contributed by atoms with E-state index >= 15 is 0 Å². The van der Waals surface area contributed by atoms with Crippen molar-refractivity contribution in [1.82, 2.24) is 10.6 Å². The largest absolute Gasteiger partial charge is 0.383 e. The van der Waals surface area contributed by atoms with E-state index in [1.165, 1.54) is 0 Å². The van der Waals surface area contributed by atoms with Gasteiger partial charge in [-0.25, -0.2) is 0 Å². The molecule has 0 bridgehead atoms. The molecule has 1 aromatic rings. The van der Waals surface area contributed by atoms with Crippen LogP contribution in [-0.2, 0) is 0 Å². The Balaban J connectivity index is 2.50. The van der Waals surface area contributed by atoms with Gasteiger partial charge in [0.05, 0.1) is 7.85 Å². The molecule has 0 aliphatic heterocycles. The molecule has 0 heterocycles. The summed E-state index contributed by atoms with van der Waals surface area (Å²) >= 11 is 0. The number of benzene rings is 1. The maximum Gasteiger partial charge on any atom is 0.211 e. The molecule has 0 saturated carbocycles. The van der Waals surface area contributed by atoms with E-state index in [0.717, 1.165) is 0 Å². The summed E-state index contributed by atoms with van der Waals surface area (Å²) in [5.41, 5.74) is 1.46. The van der Waals surface area contributed by atoms with Crippen molar-refractivity contribution in [3.05, 3.63) is 46.8 Å². The standard InChI is InChI=1S/C13H13BN2O2/c1-15-10-11(16-7-6-14)13(18)9-5-3-2-4-8(9)12(10)17/h2-5,15-16H,6-7H2,1H3. The summed E-state index contributed by atoms with van der Waals surface area (Å²) < 4.78 is 0. The van der Waals surface area contributed by atoms with Crippen LogP contribution in [-0.4, -0.2) is 33.0 Å². The number of carbonyl (C=O) groups is 2. The van der Waals surface area contributed by atoms with Crippen LogP contribution in [0.2, 0.25) is 6.32 Å². The van der Waals surface area contributed by atoms with Gasteiger partial charge in [-0.3, -0.25) is 9.59 Å². The number of nitrogens with one attached hydrogen (secondary N) is 2. The lowest BCUT2D eigenvalue weighted by atomic mass is 9.90. The van der Waals surface area contributed by atoms with E-state index in [9.17, 15) is 9.59 Å². The average molecular weight is 240 g/mol. The first-order valence-corrected chi connectivity index (χ1v) is 5.75. The number of hydrogen-bond acceptors (Lipinski definition) is 4. The van der Waals surface area contributed by atoms with Crippen molar-refractivity contribution in [3.8, 4) is 0 Å². The number of ketones is 2. The van der Waals surface area contributed by atoms with E-state index in [0.29, 0.717) is 35.4 Å². The third kappa shape index (κ3) is 1.92. The molecule has 2 radical (unpaired) electrons. The highest BCUT2D eigenvalue weighted by Gasteiger charge is 2.31. The Bertz CT molecular complexity index is 538. The van der Waals surface area contributed by atoms with Gasteiger partial charge in [0.15, 0.2) is 0 Å². The minimum Gasteiger partial charge on any atom is -0.383 e. The number of rotatable bonds is 4. The van der Waals surface area contributed by atoms with Crippen molar-refractivity contribution in [2.75, 3.05) is 13.6 Å². The molecule has 1 aromatic carbocycles. The molecule has 2 rings (SSSR count). The van der Waals surface area contributed by atoms with Gasteiger partial charge < -0.3 is 10.6 Å². The van der Waals surface area contributed by atoms with Crippen molar-refractivity contribution in [3.63, 3.8) is 0 Å². The summed E-state index contributed by atoms with van der Waals surface area (Å²) in [4.78, 5) is 24.5. The average Bonchev–Trinajstić information content (AvgIpc) is 2.41. The van der Waals surface area contributed by atoms with Crippen molar-refractivity contribution >= 4 is 19.4 Å². The Labute approximate surface area is 107 Å². The highest BCUT2D eigenvalue weighted by Crippen LogP contribution is 2.23. The molecular formula is C13H13BN2O2. The molecule has 1 aliphatic rings. The fourth-order valence-electron chi connectivity index (χ4n) is 1.98. The molecule has 2 N–H and O–H groups in total. The van der Waals surface area contributed by atoms with Crippen molar-refractivity contribution < 1.29 is 9.59 Å². The smallest absolute Gasteiger partial charge is 0.211 e. The third-order valence-corrected chi connectivity index (χ3v) is 2.82. The van der Waals surface area contributed by atoms with Crippen LogP contribution in [0, 0.1) is 0 Å². The topological polar surface area (TPSA) is 58.2 Å². The van der Waals surface area contributed by atoms with Crippen molar-refractivity contribution in [2.24, 2.45) is 0 Å². The molecule has 0 amide bonds. The molecule has 0 fully saturated rings. The van der Waals surface area contributed by atoms with Crippen LogP contribution >= 0.6 is 0 Å². The second-order valence-corrected chi connectivity index (χ2v) is 3.92. The zero-order valence-electron chi connectivity index (χ0n) is 10.1. The normalized spacial score (nSPS) is 14.5. The van der Waals surface area contributed by atoms with Crippen LogP contribution in [0.3, 0.4) is 0 Å². The summed E-state index contributed by atoms with van der Waals surface area (Å²) in [5, 5.41) is 5.71. The Morgan fingerprint density at radius 2 is 1.61 bits per heavy atom. The van der Waals surface area contributed by atoms with Gasteiger partial charge in [0.25, 0.3) is 0 Å². The monoisotopic (exact) mass is 240 g/mol. The number of hydrogen-bond donors (Lipinski definition) is 2. The van der Waals surface area contributed by atoms with E-state index < -0.39 is 0 Å². The van der Waals surface area contributed by atoms with Gasteiger partial charge in [0.1, 0.15) is 11.4 Å². The third-order valence-electron chi connectivity index (χ3n) is 2.82. The molecule has 0 saturated heterocycles. The summed E-state index contributed by atoms with van der Waals surface area (Å²) in [5.74, 6) is -0.352. The first kappa shape index (κ1) is 12.4. The number of likely N-dealkylation sites (N-methyl/N-ethyl adjacent to an activating group) is 1. The van der Waals surface area contributed by atoms with Crippen molar-refractivity contribution in [1.29, 1.82) is 0 Å². The van der Waals surface area contributed by atoms with E-state index in [2.05, 4.69) is 10.6 Å². The van der Waals surface area contributed by atoms with Gasteiger partial charge in [-0.05, 0) is 0 Å². The lowest BCUT2D eigenvalue weighted by Gasteiger charge is -2.21. The van der Waals surface area contributed by atoms with Gasteiger partial charge in [-0.15, -0.1) is 0 Å². The number of fused-ring (bicyclic) bond motifs is 1. The molecular weight excluding hydrogens is 227 g/mol. The zero-order valence-corrected chi connectivity index (χ0v) is 10.1. The first-order chi connectivity index (χ1) is 8.70. The lowest BCUT2D eigenvalue weighted by Crippen LogP contribution is -2.35. The highest BCUT2D eigenvalue weighted by atomic mass is 16.1. The van der Waals surface area contributed by atoms with Gasteiger partial charge in [0.2, 0.25) is 11.6 Å². The van der Waals surface area contributed by atoms with E-state index in [1.54, 1.807) is 31.3 Å². The van der Waals surface area contributed by atoms with Crippen LogP contribution in [0.5, 0.6) is 0 Å². The zero-order chi connectivity index (χ0) is 13.1. The van der Waals surface area contributed by atoms with Crippen LogP contribution < -0.4 is 10.6 Å². The SMILES string of the molecule is [B]CCNC1=C(NC)C(=O)c2ccccc2C1=O. The molecule has 5 heteroatoms. The minimum absolute atomic E-state index is 0.174.